The van der Waals surface area contributed by atoms with Gasteiger partial charge < -0.3 is 4.90 Å². The van der Waals surface area contributed by atoms with Crippen LogP contribution in [0.3, 0.4) is 0 Å². The number of aromatic nitrogens is 2. The number of amides is 1. The number of nitrogens with zero attached hydrogens (tertiary/aromatic N) is 3. The van der Waals surface area contributed by atoms with E-state index in [9.17, 15) is 14.0 Å². The molecule has 1 amide bonds. The van der Waals surface area contributed by atoms with Gasteiger partial charge in [-0.15, -0.1) is 11.3 Å². The molecule has 1 aliphatic heterocycles. The maximum Gasteiger partial charge on any atom is 0.274 e. The van der Waals surface area contributed by atoms with E-state index in [1.165, 1.54) is 11.3 Å². The van der Waals surface area contributed by atoms with Gasteiger partial charge in [-0.3, -0.25) is 14.6 Å². The average molecular weight is 488 g/mol. The van der Waals surface area contributed by atoms with Gasteiger partial charge in [-0.1, -0.05) is 48.5 Å². The Balaban J connectivity index is 1.37. The highest BCUT2D eigenvalue weighted by molar-refractivity contribution is 7.15. The smallest absolute Gasteiger partial charge is 0.274 e. The van der Waals surface area contributed by atoms with Gasteiger partial charge in [0.15, 0.2) is 5.78 Å². The zero-order valence-electron chi connectivity index (χ0n) is 19.5. The van der Waals surface area contributed by atoms with Crippen LogP contribution in [0, 0.1) is 6.92 Å². The first-order chi connectivity index (χ1) is 17.0. The van der Waals surface area contributed by atoms with E-state index in [1.807, 2.05) is 61.5 Å². The van der Waals surface area contributed by atoms with Gasteiger partial charge in [0, 0.05) is 29.6 Å². The van der Waals surface area contributed by atoms with Crippen molar-refractivity contribution < 1.29 is 14.0 Å². The van der Waals surface area contributed by atoms with Gasteiger partial charge in [-0.2, -0.15) is 0 Å². The highest BCUT2D eigenvalue weighted by Gasteiger charge is 2.34. The number of carbonyl (C=O) groups is 2. The molecule has 4 aromatic rings. The first-order valence-corrected chi connectivity index (χ1v) is 12.7. The fourth-order valence-corrected chi connectivity index (χ4v) is 5.70. The minimum atomic E-state index is -1.08. The highest BCUT2D eigenvalue weighted by Crippen LogP contribution is 2.33. The Labute approximate surface area is 207 Å². The molecule has 178 valence electrons. The zero-order chi connectivity index (χ0) is 24.4. The Kier molecular flexibility index (Phi) is 6.68. The van der Waals surface area contributed by atoms with Gasteiger partial charge in [0.2, 0.25) is 0 Å². The third-order valence-corrected chi connectivity index (χ3v) is 7.54. The van der Waals surface area contributed by atoms with Gasteiger partial charge in [0.25, 0.3) is 5.91 Å². The number of para-hydroxylation sites is 1. The molecule has 2 aromatic carbocycles. The molecule has 5 nitrogen and oxygen atoms in total. The number of pyridine rings is 1. The molecule has 5 rings (SSSR count). The number of carbonyl (C=O) groups excluding carboxylic acids is 2. The van der Waals surface area contributed by atoms with Crippen molar-refractivity contribution in [3.63, 3.8) is 0 Å². The number of thiazole rings is 1. The Morgan fingerprint density at radius 2 is 1.86 bits per heavy atom. The second kappa shape index (κ2) is 10.0. The third kappa shape index (κ3) is 4.86. The van der Waals surface area contributed by atoms with E-state index in [0.717, 1.165) is 20.8 Å². The Bertz CT molecular complexity index is 1370. The van der Waals surface area contributed by atoms with Crippen LogP contribution in [0.5, 0.6) is 0 Å². The lowest BCUT2D eigenvalue weighted by molar-refractivity contribution is 0.0449. The summed E-state index contributed by atoms with van der Waals surface area (Å²) >= 11 is 1.47. The van der Waals surface area contributed by atoms with E-state index < -0.39 is 6.17 Å². The predicted octanol–water partition coefficient (Wildman–Crippen LogP) is 6.27. The summed E-state index contributed by atoms with van der Waals surface area (Å²) in [5.74, 6) is -0.279. The lowest BCUT2D eigenvalue weighted by atomic mass is 9.93. The molecular formula is C28H26FN3O2S. The van der Waals surface area contributed by atoms with E-state index in [-0.39, 0.29) is 30.7 Å². The number of likely N-dealkylation sites (tertiary alicyclic amines) is 1. The first kappa shape index (κ1) is 23.3. The van der Waals surface area contributed by atoms with Crippen molar-refractivity contribution in [2.24, 2.45) is 0 Å². The summed E-state index contributed by atoms with van der Waals surface area (Å²) < 4.78 is 14.5. The van der Waals surface area contributed by atoms with Crippen molar-refractivity contribution in [2.45, 2.75) is 44.8 Å². The Hall–Kier alpha value is -3.45. The summed E-state index contributed by atoms with van der Waals surface area (Å²) in [5, 5.41) is 1.71. The van der Waals surface area contributed by atoms with Crippen LogP contribution in [-0.4, -0.2) is 45.3 Å². The summed E-state index contributed by atoms with van der Waals surface area (Å²) in [6.45, 7) is 1.90. The molecular weight excluding hydrogens is 461 g/mol. The standard InChI is InChI=1S/C28H26FN3O2S/c1-18-31-26(27(35-18)20-7-3-2-4-8-20)28(34)32-17-21(29)12-13-22(32)14-15-24(33)23-11-5-9-19-10-6-16-30-25(19)23/h2-11,16,21-22H,12-15,17H2,1H3. The van der Waals surface area contributed by atoms with Crippen molar-refractivity contribution >= 4 is 33.9 Å². The van der Waals surface area contributed by atoms with E-state index in [2.05, 4.69) is 9.97 Å². The minimum Gasteiger partial charge on any atom is -0.331 e. The first-order valence-electron chi connectivity index (χ1n) is 11.9. The number of hydrogen-bond acceptors (Lipinski definition) is 5. The molecule has 0 radical (unpaired) electrons. The molecule has 2 aromatic heterocycles. The average Bonchev–Trinajstić information content (AvgIpc) is 3.29. The molecule has 7 heteroatoms. The SMILES string of the molecule is Cc1nc(C(=O)N2CC(F)CCC2CCC(=O)c2cccc3cccnc23)c(-c2ccccc2)s1. The quantitative estimate of drug-likeness (QED) is 0.301. The van der Waals surface area contributed by atoms with E-state index >= 15 is 0 Å². The number of rotatable bonds is 6. The normalized spacial score (nSPS) is 18.1. The van der Waals surface area contributed by atoms with Crippen LogP contribution in [0.25, 0.3) is 21.3 Å². The van der Waals surface area contributed by atoms with Gasteiger partial charge in [-0.25, -0.2) is 9.37 Å². The maximum atomic E-state index is 14.5. The second-order valence-corrected chi connectivity index (χ2v) is 10.1. The Morgan fingerprint density at radius 3 is 2.69 bits per heavy atom. The molecule has 1 fully saturated rings. The van der Waals surface area contributed by atoms with Crippen LogP contribution >= 0.6 is 11.3 Å². The van der Waals surface area contributed by atoms with Gasteiger partial charge in [0.05, 0.1) is 21.9 Å². The van der Waals surface area contributed by atoms with Crippen LogP contribution in [-0.2, 0) is 0 Å². The fraction of sp³-hybridized carbons (Fsp3) is 0.286. The maximum absolute atomic E-state index is 14.5. The molecule has 1 aliphatic rings. The number of fused-ring (bicyclic) bond motifs is 1. The summed E-state index contributed by atoms with van der Waals surface area (Å²) in [6, 6.07) is 18.8. The number of ketones is 1. The van der Waals surface area contributed by atoms with Gasteiger partial charge in [0.1, 0.15) is 11.9 Å². The Morgan fingerprint density at radius 1 is 1.06 bits per heavy atom. The molecule has 35 heavy (non-hydrogen) atoms. The molecule has 0 N–H and O–H groups in total. The van der Waals surface area contributed by atoms with Gasteiger partial charge in [-0.05, 0) is 43.9 Å². The lowest BCUT2D eigenvalue weighted by Crippen LogP contribution is -2.48. The van der Waals surface area contributed by atoms with Crippen LogP contribution in [0.2, 0.25) is 0 Å². The number of benzene rings is 2. The highest BCUT2D eigenvalue weighted by atomic mass is 32.1. The van der Waals surface area contributed by atoms with Gasteiger partial charge >= 0.3 is 0 Å². The molecule has 0 spiro atoms. The minimum absolute atomic E-state index is 0.0152. The van der Waals surface area contributed by atoms with Crippen LogP contribution in [0.4, 0.5) is 4.39 Å². The summed E-state index contributed by atoms with van der Waals surface area (Å²) in [7, 11) is 0. The molecule has 2 unspecified atom stereocenters. The fourth-order valence-electron chi connectivity index (χ4n) is 4.79. The summed E-state index contributed by atoms with van der Waals surface area (Å²) in [5.41, 5.74) is 2.56. The molecule has 0 saturated carbocycles. The number of alkyl halides is 1. The monoisotopic (exact) mass is 487 g/mol. The number of hydrogen-bond donors (Lipinski definition) is 0. The summed E-state index contributed by atoms with van der Waals surface area (Å²) in [6.07, 6.45) is 2.26. The van der Waals surface area contributed by atoms with Crippen molar-refractivity contribution in [3.05, 3.63) is 83.1 Å². The predicted molar refractivity (Wildman–Crippen MR) is 137 cm³/mol. The number of piperidine rings is 1. The van der Waals surface area contributed by atoms with Crippen molar-refractivity contribution in [1.82, 2.24) is 14.9 Å². The zero-order valence-corrected chi connectivity index (χ0v) is 20.3. The lowest BCUT2D eigenvalue weighted by Gasteiger charge is -2.37. The number of Topliss-reactive ketones (excluding diaryl/α,β-unsaturated/α-hetero) is 1. The van der Waals surface area contributed by atoms with E-state index in [4.69, 9.17) is 0 Å². The van der Waals surface area contributed by atoms with Crippen LogP contribution in [0.1, 0.15) is 51.5 Å². The molecule has 0 aliphatic carbocycles. The molecule has 1 saturated heterocycles. The molecule has 0 bridgehead atoms. The van der Waals surface area contributed by atoms with E-state index in [0.29, 0.717) is 36.0 Å². The van der Waals surface area contributed by atoms with Crippen LogP contribution < -0.4 is 0 Å². The largest absolute Gasteiger partial charge is 0.331 e. The molecule has 3 heterocycles. The second-order valence-electron chi connectivity index (χ2n) is 8.91. The number of halogens is 1. The van der Waals surface area contributed by atoms with Crippen molar-refractivity contribution in [1.29, 1.82) is 0 Å². The summed E-state index contributed by atoms with van der Waals surface area (Å²) in [4.78, 5) is 38.1. The number of aryl methyl sites for hydroxylation is 1. The van der Waals surface area contributed by atoms with Crippen LogP contribution in [0.15, 0.2) is 66.9 Å². The van der Waals surface area contributed by atoms with E-state index in [1.54, 1.807) is 17.2 Å². The third-order valence-electron chi connectivity index (χ3n) is 6.52. The molecule has 2 atom stereocenters. The topological polar surface area (TPSA) is 63.2 Å². The van der Waals surface area contributed by atoms with Crippen molar-refractivity contribution in [3.8, 4) is 10.4 Å². The van der Waals surface area contributed by atoms with Crippen molar-refractivity contribution in [2.75, 3.05) is 6.54 Å².